The van der Waals surface area contributed by atoms with Crippen LogP contribution in [0.15, 0.2) is 42.5 Å². The molecule has 2 aromatic carbocycles. The van der Waals surface area contributed by atoms with Crippen molar-refractivity contribution in [3.05, 3.63) is 53.6 Å². The first-order chi connectivity index (χ1) is 9.19. The Morgan fingerprint density at radius 2 is 1.89 bits per heavy atom. The Kier molecular flexibility index (Phi) is 3.85. The molecule has 1 amide bonds. The molecule has 19 heavy (non-hydrogen) atoms. The third kappa shape index (κ3) is 2.45. The van der Waals surface area contributed by atoms with Crippen LogP contribution in [0.2, 0.25) is 0 Å². The quantitative estimate of drug-likeness (QED) is 0.913. The Morgan fingerprint density at radius 3 is 2.53 bits per heavy atom. The zero-order valence-corrected chi connectivity index (χ0v) is 11.1. The highest BCUT2D eigenvalue weighted by Gasteiger charge is 2.16. The van der Waals surface area contributed by atoms with E-state index in [1.54, 1.807) is 13.2 Å². The summed E-state index contributed by atoms with van der Waals surface area (Å²) in [5, 5.41) is 0. The van der Waals surface area contributed by atoms with Crippen molar-refractivity contribution in [2.24, 2.45) is 5.73 Å². The first kappa shape index (κ1) is 13.1. The van der Waals surface area contributed by atoms with Gasteiger partial charge in [0.25, 0.3) is 0 Å². The van der Waals surface area contributed by atoms with E-state index in [9.17, 15) is 4.79 Å². The highest BCUT2D eigenvalue weighted by atomic mass is 16.5. The fourth-order valence-electron chi connectivity index (χ4n) is 2.27. The molecule has 0 aliphatic heterocycles. The Balaban J connectivity index is 2.76. The van der Waals surface area contributed by atoms with Crippen LogP contribution in [0.3, 0.4) is 0 Å². The predicted octanol–water partition coefficient (Wildman–Crippen LogP) is 3.02. The largest absolute Gasteiger partial charge is 0.496 e. The number of ether oxygens (including phenoxy) is 1. The summed E-state index contributed by atoms with van der Waals surface area (Å²) in [6.07, 6.45) is 0.828. The SMILES string of the molecule is CCc1cccc(C(N)=O)c1-c1ccccc1OC. The lowest BCUT2D eigenvalue weighted by molar-refractivity contribution is 0.100. The number of aryl methyl sites for hydroxylation is 1. The number of nitrogens with two attached hydrogens (primary N) is 1. The van der Waals surface area contributed by atoms with E-state index < -0.39 is 5.91 Å². The standard InChI is InChI=1S/C16H17NO2/c1-3-11-7-6-9-13(16(17)18)15(11)12-8-4-5-10-14(12)19-2/h4-10H,3H2,1-2H3,(H2,17,18). The van der Waals surface area contributed by atoms with Crippen LogP contribution in [-0.2, 0) is 6.42 Å². The zero-order chi connectivity index (χ0) is 13.8. The van der Waals surface area contributed by atoms with Gasteiger partial charge < -0.3 is 10.5 Å². The molecule has 0 saturated carbocycles. The van der Waals surface area contributed by atoms with Crippen LogP contribution in [0, 0.1) is 0 Å². The van der Waals surface area contributed by atoms with E-state index in [4.69, 9.17) is 10.5 Å². The summed E-state index contributed by atoms with van der Waals surface area (Å²) in [5.74, 6) is 0.321. The third-order valence-electron chi connectivity index (χ3n) is 3.17. The van der Waals surface area contributed by atoms with Crippen molar-refractivity contribution in [1.29, 1.82) is 0 Å². The molecule has 2 rings (SSSR count). The van der Waals surface area contributed by atoms with Crippen LogP contribution >= 0.6 is 0 Å². The van der Waals surface area contributed by atoms with Gasteiger partial charge in [-0.15, -0.1) is 0 Å². The van der Waals surface area contributed by atoms with Gasteiger partial charge in [-0.25, -0.2) is 0 Å². The Labute approximate surface area is 113 Å². The molecule has 0 unspecified atom stereocenters. The van der Waals surface area contributed by atoms with Gasteiger partial charge in [0.1, 0.15) is 5.75 Å². The fourth-order valence-corrected chi connectivity index (χ4v) is 2.27. The molecular formula is C16H17NO2. The second-order valence-corrected chi connectivity index (χ2v) is 4.26. The average molecular weight is 255 g/mol. The average Bonchev–Trinajstić information content (AvgIpc) is 2.46. The molecule has 0 spiro atoms. The molecular weight excluding hydrogens is 238 g/mol. The van der Waals surface area contributed by atoms with Gasteiger partial charge in [-0.05, 0) is 24.1 Å². The number of carbonyl (C=O) groups excluding carboxylic acids is 1. The summed E-state index contributed by atoms with van der Waals surface area (Å²) in [5.41, 5.74) is 8.87. The molecule has 0 aliphatic carbocycles. The van der Waals surface area contributed by atoms with E-state index in [0.29, 0.717) is 5.56 Å². The molecule has 0 heterocycles. The van der Waals surface area contributed by atoms with Crippen molar-refractivity contribution >= 4 is 5.91 Å². The molecule has 3 nitrogen and oxygen atoms in total. The normalized spacial score (nSPS) is 10.2. The van der Waals surface area contributed by atoms with Crippen LogP contribution in [0.1, 0.15) is 22.8 Å². The van der Waals surface area contributed by atoms with Gasteiger partial charge in [0.05, 0.1) is 7.11 Å². The number of primary amides is 1. The van der Waals surface area contributed by atoms with E-state index in [1.165, 1.54) is 0 Å². The van der Waals surface area contributed by atoms with Gasteiger partial charge in [0.2, 0.25) is 5.91 Å². The molecule has 0 saturated heterocycles. The summed E-state index contributed by atoms with van der Waals surface area (Å²) >= 11 is 0. The van der Waals surface area contributed by atoms with Crippen molar-refractivity contribution in [1.82, 2.24) is 0 Å². The molecule has 2 N–H and O–H groups in total. The minimum Gasteiger partial charge on any atom is -0.496 e. The van der Waals surface area contributed by atoms with Crippen molar-refractivity contribution in [3.8, 4) is 16.9 Å². The maximum absolute atomic E-state index is 11.6. The molecule has 2 aromatic rings. The molecule has 0 aromatic heterocycles. The number of amides is 1. The number of methoxy groups -OCH3 is 1. The minimum atomic E-state index is -0.420. The summed E-state index contributed by atoms with van der Waals surface area (Å²) in [6.45, 7) is 2.05. The highest BCUT2D eigenvalue weighted by molar-refractivity contribution is 6.01. The lowest BCUT2D eigenvalue weighted by atomic mass is 9.92. The van der Waals surface area contributed by atoms with Crippen molar-refractivity contribution < 1.29 is 9.53 Å². The number of rotatable bonds is 4. The van der Waals surface area contributed by atoms with E-state index in [0.717, 1.165) is 28.9 Å². The summed E-state index contributed by atoms with van der Waals surface area (Å²) in [4.78, 5) is 11.6. The third-order valence-corrected chi connectivity index (χ3v) is 3.17. The number of hydrogen-bond acceptors (Lipinski definition) is 2. The first-order valence-electron chi connectivity index (χ1n) is 6.24. The maximum atomic E-state index is 11.6. The smallest absolute Gasteiger partial charge is 0.249 e. The number of benzene rings is 2. The number of carbonyl (C=O) groups is 1. The van der Waals surface area contributed by atoms with Gasteiger partial charge >= 0.3 is 0 Å². The molecule has 3 heteroatoms. The van der Waals surface area contributed by atoms with Crippen LogP contribution in [0.4, 0.5) is 0 Å². The van der Waals surface area contributed by atoms with Gasteiger partial charge in [-0.1, -0.05) is 37.3 Å². The molecule has 0 atom stereocenters. The van der Waals surface area contributed by atoms with Gasteiger partial charge in [0.15, 0.2) is 0 Å². The van der Waals surface area contributed by atoms with Gasteiger partial charge in [0, 0.05) is 16.7 Å². The van der Waals surface area contributed by atoms with Crippen molar-refractivity contribution in [2.45, 2.75) is 13.3 Å². The molecule has 0 radical (unpaired) electrons. The second-order valence-electron chi connectivity index (χ2n) is 4.26. The Morgan fingerprint density at radius 1 is 1.16 bits per heavy atom. The molecule has 98 valence electrons. The first-order valence-corrected chi connectivity index (χ1v) is 6.24. The van der Waals surface area contributed by atoms with E-state index in [1.807, 2.05) is 36.4 Å². The van der Waals surface area contributed by atoms with Gasteiger partial charge in [-0.2, -0.15) is 0 Å². The topological polar surface area (TPSA) is 52.3 Å². The Bertz CT molecular complexity index is 605. The van der Waals surface area contributed by atoms with Gasteiger partial charge in [-0.3, -0.25) is 4.79 Å². The Hall–Kier alpha value is -2.29. The summed E-state index contributed by atoms with van der Waals surface area (Å²) in [6, 6.07) is 13.3. The van der Waals surface area contributed by atoms with Crippen LogP contribution in [0.5, 0.6) is 5.75 Å². The zero-order valence-electron chi connectivity index (χ0n) is 11.1. The van der Waals surface area contributed by atoms with E-state index >= 15 is 0 Å². The second kappa shape index (κ2) is 5.57. The van der Waals surface area contributed by atoms with E-state index in [2.05, 4.69) is 6.92 Å². The fraction of sp³-hybridized carbons (Fsp3) is 0.188. The summed E-state index contributed by atoms with van der Waals surface area (Å²) < 4.78 is 5.38. The van der Waals surface area contributed by atoms with Crippen LogP contribution < -0.4 is 10.5 Å². The van der Waals surface area contributed by atoms with Crippen molar-refractivity contribution in [2.75, 3.05) is 7.11 Å². The lowest BCUT2D eigenvalue weighted by Gasteiger charge is -2.15. The van der Waals surface area contributed by atoms with Crippen LogP contribution in [0.25, 0.3) is 11.1 Å². The van der Waals surface area contributed by atoms with Crippen molar-refractivity contribution in [3.63, 3.8) is 0 Å². The maximum Gasteiger partial charge on any atom is 0.249 e. The monoisotopic (exact) mass is 255 g/mol. The van der Waals surface area contributed by atoms with Crippen LogP contribution in [-0.4, -0.2) is 13.0 Å². The number of hydrogen-bond donors (Lipinski definition) is 1. The lowest BCUT2D eigenvalue weighted by Crippen LogP contribution is -2.13. The predicted molar refractivity (Wildman–Crippen MR) is 76.3 cm³/mol. The summed E-state index contributed by atoms with van der Waals surface area (Å²) in [7, 11) is 1.62. The molecule has 0 aliphatic rings. The highest BCUT2D eigenvalue weighted by Crippen LogP contribution is 2.34. The number of para-hydroxylation sites is 1. The minimum absolute atomic E-state index is 0.420. The molecule has 0 fully saturated rings. The van der Waals surface area contributed by atoms with E-state index in [-0.39, 0.29) is 0 Å². The molecule has 0 bridgehead atoms.